The van der Waals surface area contributed by atoms with Crippen molar-refractivity contribution in [3.05, 3.63) is 50.5 Å². The lowest BCUT2D eigenvalue weighted by Gasteiger charge is -2.17. The molecule has 7 nitrogen and oxygen atoms in total. The van der Waals surface area contributed by atoms with Crippen LogP contribution in [0.25, 0.3) is 0 Å². The van der Waals surface area contributed by atoms with Crippen molar-refractivity contribution in [2.45, 2.75) is 6.61 Å². The first kappa shape index (κ1) is 23.5. The lowest BCUT2D eigenvalue weighted by Crippen LogP contribution is -2.27. The van der Waals surface area contributed by atoms with Gasteiger partial charge in [-0.15, -0.1) is 0 Å². The Kier molecular flexibility index (Phi) is 9.73. The van der Waals surface area contributed by atoms with E-state index in [2.05, 4.69) is 10.6 Å². The second kappa shape index (κ2) is 12.0. The predicted molar refractivity (Wildman–Crippen MR) is 111 cm³/mol. The minimum atomic E-state index is -1.35. The topological polar surface area (TPSA) is 91.9 Å². The summed E-state index contributed by atoms with van der Waals surface area (Å²) in [4.78, 5) is 17.2. The molecule has 1 aliphatic rings. The minimum Gasteiger partial charge on any atom is -0.394 e. The molecule has 0 saturated heterocycles. The zero-order chi connectivity index (χ0) is 21.2. The number of aliphatic hydroxyl groups is 1. The lowest BCUT2D eigenvalue weighted by molar-refractivity contribution is 0.0168. The van der Waals surface area contributed by atoms with Crippen LogP contribution in [0.2, 0.25) is 0 Å². The van der Waals surface area contributed by atoms with Gasteiger partial charge in [0.15, 0.2) is 17.5 Å². The SMILES string of the molecule is CNCCOCc1cc(C(=O)NOCCO)c(NC2=C(F)C=IC=C2)c(F)c1F. The highest BCUT2D eigenvalue weighted by molar-refractivity contribution is 14.2. The number of rotatable bonds is 11. The van der Waals surface area contributed by atoms with Crippen LogP contribution in [0.5, 0.6) is 0 Å². The number of amides is 1. The molecular formula is C18H21F3IN3O4. The molecule has 0 aliphatic carbocycles. The molecule has 2 rings (SSSR count). The first-order valence-corrected chi connectivity index (χ1v) is 11.0. The molecule has 0 spiro atoms. The predicted octanol–water partition coefficient (Wildman–Crippen LogP) is 2.25. The van der Waals surface area contributed by atoms with Crippen LogP contribution in [0.3, 0.4) is 0 Å². The number of hydrogen-bond acceptors (Lipinski definition) is 6. The van der Waals surface area contributed by atoms with Crippen molar-refractivity contribution in [1.82, 2.24) is 10.8 Å². The van der Waals surface area contributed by atoms with Crippen molar-refractivity contribution in [3.63, 3.8) is 0 Å². The molecule has 0 aromatic heterocycles. The number of likely N-dealkylation sites (N-methyl/N-ethyl adjacent to an activating group) is 1. The van der Waals surface area contributed by atoms with Gasteiger partial charge in [0.25, 0.3) is 5.91 Å². The highest BCUT2D eigenvalue weighted by Gasteiger charge is 2.24. The van der Waals surface area contributed by atoms with Crippen LogP contribution in [0.15, 0.2) is 27.7 Å². The molecule has 0 atom stereocenters. The van der Waals surface area contributed by atoms with E-state index in [9.17, 15) is 18.0 Å². The number of benzene rings is 1. The molecule has 1 aromatic carbocycles. The number of halogens is 4. The summed E-state index contributed by atoms with van der Waals surface area (Å²) in [6.07, 6.45) is 1.42. The second-order valence-electron chi connectivity index (χ2n) is 5.66. The molecule has 1 aliphatic heterocycles. The Morgan fingerprint density at radius 3 is 2.72 bits per heavy atom. The Balaban J connectivity index is 2.38. The van der Waals surface area contributed by atoms with Crippen molar-refractivity contribution in [1.29, 1.82) is 0 Å². The van der Waals surface area contributed by atoms with Gasteiger partial charge in [0.2, 0.25) is 0 Å². The number of allylic oxidation sites excluding steroid dienone is 2. The number of hydrogen-bond donors (Lipinski definition) is 4. The van der Waals surface area contributed by atoms with Gasteiger partial charge in [-0.25, -0.2) is 18.7 Å². The minimum absolute atomic E-state index is 0.0856. The third kappa shape index (κ3) is 6.60. The van der Waals surface area contributed by atoms with Gasteiger partial charge in [0.05, 0.1) is 43.4 Å². The molecule has 0 radical (unpaired) electrons. The molecule has 1 amide bonds. The van der Waals surface area contributed by atoms with Gasteiger partial charge in [-0.1, -0.05) is 20.7 Å². The fraction of sp³-hybridized carbons (Fsp3) is 0.333. The van der Waals surface area contributed by atoms with Crippen LogP contribution in [0.4, 0.5) is 18.9 Å². The number of hydroxylamine groups is 1. The smallest absolute Gasteiger partial charge is 0.277 e. The van der Waals surface area contributed by atoms with Gasteiger partial charge < -0.3 is 20.5 Å². The van der Waals surface area contributed by atoms with Gasteiger partial charge in [-0.3, -0.25) is 9.63 Å². The fourth-order valence-corrected chi connectivity index (χ4v) is 3.65. The molecule has 0 fully saturated rings. The van der Waals surface area contributed by atoms with Crippen LogP contribution in [-0.2, 0) is 16.2 Å². The van der Waals surface area contributed by atoms with E-state index in [0.717, 1.165) is 6.07 Å². The molecule has 0 saturated carbocycles. The second-order valence-corrected chi connectivity index (χ2v) is 7.72. The molecular weight excluding hydrogens is 506 g/mol. The van der Waals surface area contributed by atoms with Crippen LogP contribution < -0.4 is 16.1 Å². The Morgan fingerprint density at radius 2 is 2.03 bits per heavy atom. The number of ether oxygens (including phenoxy) is 1. The van der Waals surface area contributed by atoms with E-state index < -0.39 is 49.8 Å². The van der Waals surface area contributed by atoms with Crippen molar-refractivity contribution < 1.29 is 32.6 Å². The maximum absolute atomic E-state index is 14.8. The number of aliphatic hydroxyl groups excluding tert-OH is 1. The Hall–Kier alpha value is -1.80. The molecule has 1 heterocycles. The molecule has 0 bridgehead atoms. The maximum Gasteiger partial charge on any atom is 0.277 e. The molecule has 29 heavy (non-hydrogen) atoms. The van der Waals surface area contributed by atoms with Gasteiger partial charge >= 0.3 is 0 Å². The average Bonchev–Trinajstić information content (AvgIpc) is 2.71. The summed E-state index contributed by atoms with van der Waals surface area (Å²) >= 11 is -0.581. The summed E-state index contributed by atoms with van der Waals surface area (Å²) < 4.78 is 51.7. The highest BCUT2D eigenvalue weighted by atomic mass is 127. The maximum atomic E-state index is 14.8. The summed E-state index contributed by atoms with van der Waals surface area (Å²) in [5.74, 6) is -4.06. The van der Waals surface area contributed by atoms with E-state index in [-0.39, 0.29) is 43.3 Å². The fourth-order valence-electron chi connectivity index (χ4n) is 2.22. The van der Waals surface area contributed by atoms with E-state index in [4.69, 9.17) is 14.7 Å². The first-order chi connectivity index (χ1) is 14.0. The Labute approximate surface area is 175 Å². The van der Waals surface area contributed by atoms with E-state index in [1.54, 1.807) is 11.1 Å². The third-order valence-corrected chi connectivity index (χ3v) is 5.30. The van der Waals surface area contributed by atoms with Crippen molar-refractivity contribution in [3.8, 4) is 0 Å². The molecule has 11 heteroatoms. The summed E-state index contributed by atoms with van der Waals surface area (Å²) in [7, 11) is 1.71. The zero-order valence-corrected chi connectivity index (χ0v) is 17.7. The molecule has 0 unspecified atom stereocenters. The van der Waals surface area contributed by atoms with Gasteiger partial charge in [0, 0.05) is 16.1 Å². The van der Waals surface area contributed by atoms with Gasteiger partial charge in [-0.05, 0) is 23.3 Å². The third-order valence-electron chi connectivity index (χ3n) is 3.62. The van der Waals surface area contributed by atoms with Crippen LogP contribution in [0.1, 0.15) is 15.9 Å². The summed E-state index contributed by atoms with van der Waals surface area (Å²) in [6, 6.07) is 1.11. The lowest BCUT2D eigenvalue weighted by atomic mass is 10.1. The molecule has 160 valence electrons. The van der Waals surface area contributed by atoms with Crippen LogP contribution in [0, 0.1) is 11.6 Å². The number of carbonyl (C=O) groups excluding carboxylic acids is 1. The Bertz CT molecular complexity index is 831. The van der Waals surface area contributed by atoms with E-state index >= 15 is 0 Å². The van der Waals surface area contributed by atoms with Gasteiger partial charge in [0.1, 0.15) is 0 Å². The quantitative estimate of drug-likeness (QED) is 0.201. The number of anilines is 1. The average molecular weight is 527 g/mol. The largest absolute Gasteiger partial charge is 0.394 e. The van der Waals surface area contributed by atoms with E-state index in [1.807, 2.05) is 5.48 Å². The monoisotopic (exact) mass is 527 g/mol. The summed E-state index contributed by atoms with van der Waals surface area (Å²) in [6.45, 7) is -0.0576. The normalized spacial score (nSPS) is 13.4. The van der Waals surface area contributed by atoms with Crippen molar-refractivity contribution in [2.75, 3.05) is 38.7 Å². The first-order valence-electron chi connectivity index (χ1n) is 8.54. The summed E-state index contributed by atoms with van der Waals surface area (Å²) in [5, 5.41) is 14.0. The number of carbonyl (C=O) groups is 1. The Morgan fingerprint density at radius 1 is 1.24 bits per heavy atom. The molecule has 1 aromatic rings. The zero-order valence-electron chi connectivity index (χ0n) is 15.5. The standard InChI is InChI=1S/C18H21F3IN3O4/c1-23-4-6-28-10-11-8-12(18(27)25-29-7-5-26)17(16(21)15(11)20)24-14-2-3-22-9-13(14)19/h2-3,8-9,23-24,26H,4-7,10H2,1H3,(H,25,27). The summed E-state index contributed by atoms with van der Waals surface area (Å²) in [5.41, 5.74) is 0.931. The molecule has 4 N–H and O–H groups in total. The van der Waals surface area contributed by atoms with E-state index in [0.29, 0.717) is 6.54 Å². The van der Waals surface area contributed by atoms with Crippen molar-refractivity contribution >= 4 is 36.3 Å². The highest BCUT2D eigenvalue weighted by Crippen LogP contribution is 2.29. The van der Waals surface area contributed by atoms with Crippen molar-refractivity contribution in [2.24, 2.45) is 0 Å². The van der Waals surface area contributed by atoms with Crippen LogP contribution in [-0.4, -0.2) is 48.4 Å². The van der Waals surface area contributed by atoms with Gasteiger partial charge in [-0.2, -0.15) is 0 Å². The number of nitrogens with one attached hydrogen (secondary N) is 3. The van der Waals surface area contributed by atoms with E-state index in [1.165, 1.54) is 10.1 Å². The van der Waals surface area contributed by atoms with Crippen LogP contribution >= 0.6 is 20.7 Å².